The first-order valence-electron chi connectivity index (χ1n) is 27.2. The third kappa shape index (κ3) is 15.3. The van der Waals surface area contributed by atoms with Crippen molar-refractivity contribution in [1.82, 2.24) is 41.5 Å². The van der Waals surface area contributed by atoms with Crippen LogP contribution in [0.4, 0.5) is 0 Å². The molecular weight excluding hydrogens is 1090 g/mol. The number of nitrogens with one attached hydrogen (secondary N) is 5. The zero-order valence-electron chi connectivity index (χ0n) is 45.7. The molecule has 4 aromatic rings. The van der Waals surface area contributed by atoms with Crippen molar-refractivity contribution in [3.8, 4) is 34.1 Å². The summed E-state index contributed by atoms with van der Waals surface area (Å²) in [6.07, 6.45) is -12.9. The molecule has 4 heterocycles. The molecule has 27 nitrogen and oxygen atoms in total. The summed E-state index contributed by atoms with van der Waals surface area (Å²) in [6, 6.07) is 7.77. The van der Waals surface area contributed by atoms with Crippen molar-refractivity contribution < 1.29 is 88.5 Å². The summed E-state index contributed by atoms with van der Waals surface area (Å²) in [7, 11) is 0. The summed E-state index contributed by atoms with van der Waals surface area (Å²) in [6.45, 7) is 4.25. The third-order valence-electron chi connectivity index (χ3n) is 14.8. The molecule has 0 saturated carbocycles. The monoisotopic (exact) mass is 1160 g/mol. The van der Waals surface area contributed by atoms with Gasteiger partial charge in [0.1, 0.15) is 71.9 Å². The predicted octanol–water partition coefficient (Wildman–Crippen LogP) is -2.05. The molecule has 15 N–H and O–H groups in total. The number of nitrogens with two attached hydrogens (primary N) is 1. The van der Waals surface area contributed by atoms with Gasteiger partial charge in [-0.25, -0.2) is 0 Å². The zero-order valence-corrected chi connectivity index (χ0v) is 45.7. The molecular formula is C56H71N9O18. The van der Waals surface area contributed by atoms with Crippen LogP contribution in [0.3, 0.4) is 0 Å². The number of nitrogens with zero attached hydrogens (tertiary/aromatic N) is 3. The molecule has 448 valence electrons. The molecule has 83 heavy (non-hydrogen) atoms. The van der Waals surface area contributed by atoms with Gasteiger partial charge in [0.15, 0.2) is 5.76 Å². The van der Waals surface area contributed by atoms with Crippen LogP contribution < -0.4 is 37.1 Å². The second-order valence-corrected chi connectivity index (χ2v) is 21.1. The third-order valence-corrected chi connectivity index (χ3v) is 14.8. The number of aliphatic hydroxyl groups excluding tert-OH is 7. The average Bonchev–Trinajstić information content (AvgIpc) is 4.24. The molecule has 1 aromatic heterocycles. The van der Waals surface area contributed by atoms with Crippen LogP contribution in [-0.2, 0) is 33.6 Å². The van der Waals surface area contributed by atoms with Gasteiger partial charge in [0.2, 0.25) is 41.4 Å². The first kappa shape index (κ1) is 62.5. The second kappa shape index (κ2) is 27.8. The van der Waals surface area contributed by atoms with E-state index in [1.807, 2.05) is 24.3 Å². The molecule has 3 fully saturated rings. The summed E-state index contributed by atoms with van der Waals surface area (Å²) < 4.78 is 11.4. The lowest BCUT2D eigenvalue weighted by Crippen LogP contribution is -2.64. The molecule has 0 bridgehead atoms. The van der Waals surface area contributed by atoms with Gasteiger partial charge in [0.25, 0.3) is 5.91 Å². The number of rotatable bonds is 16. The molecule has 3 aromatic carbocycles. The Balaban J connectivity index is 1.19. The Bertz CT molecular complexity index is 2940. The fourth-order valence-corrected chi connectivity index (χ4v) is 10.1. The van der Waals surface area contributed by atoms with E-state index in [1.54, 1.807) is 18.2 Å². The molecule has 3 saturated heterocycles. The Morgan fingerprint density at radius 2 is 1.41 bits per heavy atom. The Morgan fingerprint density at radius 3 is 2.06 bits per heavy atom. The highest BCUT2D eigenvalue weighted by atomic mass is 16.5. The van der Waals surface area contributed by atoms with Crippen LogP contribution >= 0.6 is 0 Å². The number of carbonyl (C=O) groups excluding carboxylic acids is 8. The van der Waals surface area contributed by atoms with Crippen LogP contribution in [0.5, 0.6) is 11.5 Å². The average molecular weight is 1160 g/mol. The van der Waals surface area contributed by atoms with Crippen LogP contribution in [0.15, 0.2) is 83.4 Å². The Kier molecular flexibility index (Phi) is 21.0. The van der Waals surface area contributed by atoms with Gasteiger partial charge in [-0.1, -0.05) is 56.1 Å². The van der Waals surface area contributed by atoms with E-state index in [-0.39, 0.29) is 16.9 Å². The second-order valence-electron chi connectivity index (χ2n) is 21.1. The van der Waals surface area contributed by atoms with E-state index in [0.717, 1.165) is 65.8 Å². The van der Waals surface area contributed by atoms with Gasteiger partial charge in [-0.05, 0) is 80.3 Å². The maximum absolute atomic E-state index is 14.6. The minimum absolute atomic E-state index is 0.0133. The number of unbranched alkanes of at least 4 members (excludes halogenated alkanes) is 2. The summed E-state index contributed by atoms with van der Waals surface area (Å²) in [5.74, 6) is -9.58. The molecule has 27 heteroatoms. The minimum Gasteiger partial charge on any atom is -0.508 e. The summed E-state index contributed by atoms with van der Waals surface area (Å²) in [4.78, 5) is 114. The fraction of sp³-hybridized carbons (Fsp3) is 0.482. The van der Waals surface area contributed by atoms with Gasteiger partial charge in [-0.15, -0.1) is 0 Å². The molecule has 3 aliphatic heterocycles. The Labute approximate surface area is 476 Å². The van der Waals surface area contributed by atoms with E-state index in [2.05, 4.69) is 38.7 Å². The van der Waals surface area contributed by atoms with Crippen molar-refractivity contribution in [2.24, 2.45) is 11.7 Å². The fourth-order valence-electron chi connectivity index (χ4n) is 10.1. The van der Waals surface area contributed by atoms with Crippen molar-refractivity contribution >= 4 is 47.3 Å². The van der Waals surface area contributed by atoms with Gasteiger partial charge in [-0.3, -0.25) is 38.4 Å². The standard InChI is InChI=1S/C56H71N9O18/c1-4-5-6-21-82-35-17-13-30(14-18-35)40-23-37(63-83-40)29-7-9-32(10-8-29)50(75)58-36-19-20-42(71)59-54(79)46-47(72)27(2)25-65(46)56(81)44(39(69)24-41(57)70)61-53(78)45(49(74)48(73)31-11-15-33(67)16-12-31)62-52(77)38-22-34(68)26-64(38)55(80)43(28(3)66)60-51(36)76/h7-18,23,27-28,34,36,38-39,42-49,66-69,71-74H,4-6,19-22,24-26H2,1-3H3,(H2,57,70)(H,58,75)(H,59,79)(H,60,76)(H,61,78)(H,62,77)/t27-,28+,34+,36-,38-,39+,42+,43-,44-,45-,46-,47-,48-,49-/m0/s1. The van der Waals surface area contributed by atoms with Crippen molar-refractivity contribution in [3.63, 3.8) is 0 Å². The molecule has 3 aliphatic rings. The highest BCUT2D eigenvalue weighted by Gasteiger charge is 2.50. The van der Waals surface area contributed by atoms with Gasteiger partial charge < -0.3 is 92.2 Å². The van der Waals surface area contributed by atoms with Gasteiger partial charge in [0.05, 0.1) is 37.4 Å². The number of amides is 8. The Morgan fingerprint density at radius 1 is 0.771 bits per heavy atom. The lowest BCUT2D eigenvalue weighted by Gasteiger charge is -2.34. The summed E-state index contributed by atoms with van der Waals surface area (Å²) in [5.41, 5.74) is 6.96. The zero-order chi connectivity index (χ0) is 60.4. The van der Waals surface area contributed by atoms with Crippen LogP contribution in [0.25, 0.3) is 22.6 Å². The number of phenolic OH excluding ortho intramolecular Hbond substituents is 1. The number of carbonyl (C=O) groups is 8. The van der Waals surface area contributed by atoms with E-state index < -0.39 is 171 Å². The SMILES string of the molecule is CCCCCOc1ccc(-c2cc(-c3ccc(C(=O)N[C@H]4CC[C@@H](O)NC(=O)[C@@H]5[C@@H](O)[C@@H](C)CN5C(=O)[C@H]([C@H](O)CC(N)=O)NC(=O)[C@H]([C@H](O)[C@@H](O)c5ccc(O)cc5)NC(=O)[C@@H]5C[C@@H](O)CN5C(=O)[C@H]([C@@H](C)O)NC4=O)cc3)no2)cc1. The van der Waals surface area contributed by atoms with Crippen LogP contribution in [0.2, 0.25) is 0 Å². The molecule has 0 radical (unpaired) electrons. The molecule has 7 rings (SSSR count). The predicted molar refractivity (Wildman–Crippen MR) is 290 cm³/mol. The number of aromatic nitrogens is 1. The molecule has 0 unspecified atom stereocenters. The number of phenols is 1. The number of primary amides is 1. The summed E-state index contributed by atoms with van der Waals surface area (Å²) >= 11 is 0. The van der Waals surface area contributed by atoms with E-state index in [1.165, 1.54) is 19.1 Å². The van der Waals surface area contributed by atoms with E-state index in [4.69, 9.17) is 15.0 Å². The van der Waals surface area contributed by atoms with Crippen molar-refractivity contribution in [2.75, 3.05) is 19.7 Å². The van der Waals surface area contributed by atoms with E-state index in [0.29, 0.717) is 29.4 Å². The summed E-state index contributed by atoms with van der Waals surface area (Å²) in [5, 5.41) is 105. The minimum atomic E-state index is -2.37. The van der Waals surface area contributed by atoms with Crippen molar-refractivity contribution in [2.45, 2.75) is 145 Å². The number of aliphatic hydroxyl groups is 7. The van der Waals surface area contributed by atoms with Crippen LogP contribution in [0.1, 0.15) is 87.7 Å². The van der Waals surface area contributed by atoms with Gasteiger partial charge in [-0.2, -0.15) is 0 Å². The first-order chi connectivity index (χ1) is 39.4. The smallest absolute Gasteiger partial charge is 0.251 e. The van der Waals surface area contributed by atoms with Crippen LogP contribution in [-0.4, -0.2) is 196 Å². The number of benzene rings is 3. The molecule has 14 atom stereocenters. The molecule has 0 spiro atoms. The number of ether oxygens (including phenoxy) is 1. The maximum atomic E-state index is 14.6. The van der Waals surface area contributed by atoms with E-state index >= 15 is 0 Å². The van der Waals surface area contributed by atoms with Crippen LogP contribution in [0, 0.1) is 5.92 Å². The number of hydrogen-bond donors (Lipinski definition) is 14. The number of fused-ring (bicyclic) bond motifs is 2. The Hall–Kier alpha value is -8.05. The van der Waals surface area contributed by atoms with Gasteiger partial charge >= 0.3 is 0 Å². The first-order valence-corrected chi connectivity index (χ1v) is 27.2. The highest BCUT2D eigenvalue weighted by molar-refractivity contribution is 6.00. The maximum Gasteiger partial charge on any atom is 0.251 e. The van der Waals surface area contributed by atoms with E-state index in [9.17, 15) is 79.2 Å². The quantitative estimate of drug-likeness (QED) is 0.0537. The lowest BCUT2D eigenvalue weighted by molar-refractivity contribution is -0.149. The normalized spacial score (nSPS) is 26.4. The highest BCUT2D eigenvalue weighted by Crippen LogP contribution is 2.30. The van der Waals surface area contributed by atoms with Crippen molar-refractivity contribution in [3.05, 3.63) is 90.0 Å². The van der Waals surface area contributed by atoms with Crippen molar-refractivity contribution in [1.29, 1.82) is 0 Å². The lowest BCUT2D eigenvalue weighted by atomic mass is 9.96. The number of hydrogen-bond acceptors (Lipinski definition) is 19. The molecule has 8 amide bonds. The largest absolute Gasteiger partial charge is 0.508 e. The topological polar surface area (TPSA) is 426 Å². The molecule has 0 aliphatic carbocycles. The number of aromatic hydroxyl groups is 1. The van der Waals surface area contributed by atoms with Gasteiger partial charge in [0, 0.05) is 48.2 Å².